The zero-order valence-corrected chi connectivity index (χ0v) is 10.7. The summed E-state index contributed by atoms with van der Waals surface area (Å²) in [5, 5.41) is 21.3. The van der Waals surface area contributed by atoms with Crippen LogP contribution in [0, 0.1) is 5.92 Å². The smallest absolute Gasteiger partial charge is 0.324 e. The molecule has 0 aromatic heterocycles. The Balaban J connectivity index is 2.34. The fourth-order valence-electron chi connectivity index (χ4n) is 1.36. The fourth-order valence-corrected chi connectivity index (χ4v) is 2.60. The Kier molecular flexibility index (Phi) is 5.08. The molecule has 4 nitrogen and oxygen atoms in total. The van der Waals surface area contributed by atoms with Crippen molar-refractivity contribution in [1.82, 2.24) is 5.32 Å². The Morgan fingerprint density at radius 3 is 2.69 bits per heavy atom. The molecule has 0 aromatic rings. The van der Waals surface area contributed by atoms with Crippen molar-refractivity contribution in [2.45, 2.75) is 38.3 Å². The molecule has 3 N–H and O–H groups in total. The molecule has 1 rings (SSSR count). The number of nitrogens with one attached hydrogen (secondary N) is 1. The Labute approximate surface area is 101 Å². The van der Waals surface area contributed by atoms with Crippen LogP contribution in [0.4, 0.5) is 0 Å². The van der Waals surface area contributed by atoms with Gasteiger partial charge < -0.3 is 10.2 Å². The van der Waals surface area contributed by atoms with Gasteiger partial charge in [-0.2, -0.15) is 11.8 Å². The zero-order valence-electron chi connectivity index (χ0n) is 9.90. The van der Waals surface area contributed by atoms with Crippen LogP contribution < -0.4 is 5.32 Å². The summed E-state index contributed by atoms with van der Waals surface area (Å²) >= 11 is 1.59. The van der Waals surface area contributed by atoms with Gasteiger partial charge in [-0.3, -0.25) is 10.1 Å². The highest BCUT2D eigenvalue weighted by Gasteiger charge is 2.38. The van der Waals surface area contributed by atoms with Crippen LogP contribution in [0.2, 0.25) is 0 Å². The zero-order chi connectivity index (χ0) is 12.2. The lowest BCUT2D eigenvalue weighted by molar-refractivity contribution is -0.143. The molecule has 0 heterocycles. The van der Waals surface area contributed by atoms with E-state index in [2.05, 4.69) is 5.32 Å². The van der Waals surface area contributed by atoms with Crippen molar-refractivity contribution in [3.63, 3.8) is 0 Å². The maximum atomic E-state index is 11.2. The van der Waals surface area contributed by atoms with Gasteiger partial charge in [-0.25, -0.2) is 0 Å². The molecule has 0 saturated heterocycles. The van der Waals surface area contributed by atoms with E-state index in [1.807, 2.05) is 6.92 Å². The van der Waals surface area contributed by atoms with E-state index in [0.717, 1.165) is 18.6 Å². The first-order valence-corrected chi connectivity index (χ1v) is 6.83. The van der Waals surface area contributed by atoms with Crippen LogP contribution in [0.25, 0.3) is 0 Å². The van der Waals surface area contributed by atoms with Gasteiger partial charge in [0.25, 0.3) is 0 Å². The number of thioether (sulfide) groups is 1. The minimum atomic E-state index is -0.832. The lowest BCUT2D eigenvalue weighted by Crippen LogP contribution is -2.52. The molecule has 16 heavy (non-hydrogen) atoms. The van der Waals surface area contributed by atoms with Crippen LogP contribution in [0.15, 0.2) is 0 Å². The van der Waals surface area contributed by atoms with Crippen molar-refractivity contribution in [2.75, 3.05) is 18.1 Å². The van der Waals surface area contributed by atoms with E-state index in [4.69, 9.17) is 5.11 Å². The number of hydrogen-bond acceptors (Lipinski definition) is 4. The highest BCUT2D eigenvalue weighted by molar-refractivity contribution is 7.99. The van der Waals surface area contributed by atoms with Gasteiger partial charge in [-0.15, -0.1) is 0 Å². The molecule has 1 aliphatic rings. The lowest BCUT2D eigenvalue weighted by atomic mass is 10.1. The van der Waals surface area contributed by atoms with Crippen LogP contribution in [0.3, 0.4) is 0 Å². The Morgan fingerprint density at radius 1 is 1.62 bits per heavy atom. The molecule has 1 fully saturated rings. The molecule has 0 aliphatic heterocycles. The summed E-state index contributed by atoms with van der Waals surface area (Å²) in [6, 6.07) is 0.386. The van der Waals surface area contributed by atoms with Gasteiger partial charge in [0.2, 0.25) is 0 Å². The van der Waals surface area contributed by atoms with Crippen molar-refractivity contribution >= 4 is 17.7 Å². The number of aliphatic hydroxyl groups excluding tert-OH is 1. The summed E-state index contributed by atoms with van der Waals surface area (Å²) in [6.07, 6.45) is 2.17. The van der Waals surface area contributed by atoms with E-state index in [9.17, 15) is 9.90 Å². The highest BCUT2D eigenvalue weighted by atomic mass is 32.2. The molecule has 0 amide bonds. The standard InChI is InChI=1S/C11H21NO3S/c1-8(5-13)6-16-7-11(2,10(14)15)12-9-3-4-9/h8-9,12-13H,3-7H2,1-2H3,(H,14,15). The van der Waals surface area contributed by atoms with Gasteiger partial charge in [0.1, 0.15) is 5.54 Å². The number of hydrogen-bond donors (Lipinski definition) is 3. The topological polar surface area (TPSA) is 69.6 Å². The van der Waals surface area contributed by atoms with Gasteiger partial charge in [0.15, 0.2) is 0 Å². The first-order chi connectivity index (χ1) is 7.48. The molecule has 1 aliphatic carbocycles. The second-order valence-corrected chi connectivity index (χ2v) is 5.89. The van der Waals surface area contributed by atoms with Gasteiger partial charge >= 0.3 is 5.97 Å². The summed E-state index contributed by atoms with van der Waals surface area (Å²) in [4.78, 5) is 11.2. The third-order valence-electron chi connectivity index (χ3n) is 2.68. The van der Waals surface area contributed by atoms with E-state index in [-0.39, 0.29) is 12.5 Å². The molecule has 94 valence electrons. The summed E-state index contributed by atoms with van der Waals surface area (Å²) in [5.41, 5.74) is -0.832. The van der Waals surface area contributed by atoms with Crippen LogP contribution in [-0.2, 0) is 4.79 Å². The minimum absolute atomic E-state index is 0.160. The third kappa shape index (κ3) is 4.31. The summed E-state index contributed by atoms with van der Waals surface area (Å²) < 4.78 is 0. The van der Waals surface area contributed by atoms with E-state index >= 15 is 0 Å². The minimum Gasteiger partial charge on any atom is -0.480 e. The fraction of sp³-hybridized carbons (Fsp3) is 0.909. The maximum Gasteiger partial charge on any atom is 0.324 e. The number of rotatable bonds is 8. The van der Waals surface area contributed by atoms with E-state index in [0.29, 0.717) is 11.8 Å². The molecular formula is C11H21NO3S. The summed E-state index contributed by atoms with van der Waals surface area (Å²) in [7, 11) is 0. The van der Waals surface area contributed by atoms with Crippen LogP contribution in [0.5, 0.6) is 0 Å². The number of carboxylic acid groups (broad SMARTS) is 1. The molecular weight excluding hydrogens is 226 g/mol. The quantitative estimate of drug-likeness (QED) is 0.595. The number of carbonyl (C=O) groups is 1. The Morgan fingerprint density at radius 2 is 2.25 bits per heavy atom. The Bertz CT molecular complexity index is 245. The monoisotopic (exact) mass is 247 g/mol. The van der Waals surface area contributed by atoms with Crippen molar-refractivity contribution in [3.8, 4) is 0 Å². The third-order valence-corrected chi connectivity index (χ3v) is 4.26. The largest absolute Gasteiger partial charge is 0.480 e. The molecule has 0 bridgehead atoms. The first kappa shape index (κ1) is 13.8. The molecule has 0 spiro atoms. The summed E-state index contributed by atoms with van der Waals surface area (Å²) in [6.45, 7) is 3.86. The maximum absolute atomic E-state index is 11.2. The van der Waals surface area contributed by atoms with Gasteiger partial charge in [0.05, 0.1) is 0 Å². The number of aliphatic carboxylic acids is 1. The van der Waals surface area contributed by atoms with Crippen molar-refractivity contribution in [2.24, 2.45) is 5.92 Å². The van der Waals surface area contributed by atoms with Gasteiger partial charge in [0, 0.05) is 18.4 Å². The number of carboxylic acids is 1. The van der Waals surface area contributed by atoms with Crippen molar-refractivity contribution in [1.29, 1.82) is 0 Å². The summed E-state index contributed by atoms with van der Waals surface area (Å²) in [5.74, 6) is 0.780. The first-order valence-electron chi connectivity index (χ1n) is 5.67. The van der Waals surface area contributed by atoms with E-state index < -0.39 is 11.5 Å². The van der Waals surface area contributed by atoms with Gasteiger partial charge in [-0.05, 0) is 31.4 Å². The van der Waals surface area contributed by atoms with Crippen LogP contribution >= 0.6 is 11.8 Å². The Hall–Kier alpha value is -0.260. The predicted molar refractivity (Wildman–Crippen MR) is 65.8 cm³/mol. The average molecular weight is 247 g/mol. The van der Waals surface area contributed by atoms with Crippen molar-refractivity contribution < 1.29 is 15.0 Å². The van der Waals surface area contributed by atoms with Crippen LogP contribution in [0.1, 0.15) is 26.7 Å². The normalized spacial score (nSPS) is 21.4. The van der Waals surface area contributed by atoms with E-state index in [1.54, 1.807) is 18.7 Å². The molecule has 0 aromatic carbocycles. The second-order valence-electron chi connectivity index (χ2n) is 4.86. The molecule has 0 radical (unpaired) electrons. The second kappa shape index (κ2) is 5.89. The average Bonchev–Trinajstić information content (AvgIpc) is 3.01. The molecule has 1 saturated carbocycles. The van der Waals surface area contributed by atoms with E-state index in [1.165, 1.54) is 0 Å². The lowest BCUT2D eigenvalue weighted by Gasteiger charge is -2.26. The highest BCUT2D eigenvalue weighted by Crippen LogP contribution is 2.25. The molecule has 2 atom stereocenters. The van der Waals surface area contributed by atoms with Gasteiger partial charge in [-0.1, -0.05) is 6.92 Å². The predicted octanol–water partition coefficient (Wildman–Crippen LogP) is 0.943. The molecule has 2 unspecified atom stereocenters. The molecule has 5 heteroatoms. The number of aliphatic hydroxyl groups is 1. The van der Waals surface area contributed by atoms with Crippen molar-refractivity contribution in [3.05, 3.63) is 0 Å². The SMILES string of the molecule is CC(CO)CSCC(C)(NC1CC1)C(=O)O. The van der Waals surface area contributed by atoms with Crippen LogP contribution in [-0.4, -0.2) is 45.9 Å².